The molecule has 6 nitrogen and oxygen atoms in total. The van der Waals surface area contributed by atoms with Gasteiger partial charge >= 0.3 is 0 Å². The first kappa shape index (κ1) is 18.7. The summed E-state index contributed by atoms with van der Waals surface area (Å²) in [7, 11) is -3.63. The maximum atomic E-state index is 13.3. The normalized spacial score (nSPS) is 39.5. The summed E-state index contributed by atoms with van der Waals surface area (Å²) in [6, 6.07) is -0.419. The van der Waals surface area contributed by atoms with Crippen LogP contribution in [-0.2, 0) is 15.0 Å². The van der Waals surface area contributed by atoms with Gasteiger partial charge in [0.1, 0.15) is 6.04 Å². The number of amides is 1. The standard InChI is InChI=1S/C19H33N3O3S/c1-11-15-14(19(15,5)6)10-21(11)17(23)16(18(2,3)4)20-26(24,25)22-9-12-7-13(22)8-12/h11-16,20H,7-10H2,1-6H3/t11-,12?,13?,14?,15-,16-/m1/s1. The molecular weight excluding hydrogens is 350 g/mol. The Morgan fingerprint density at radius 1 is 1.19 bits per heavy atom. The highest BCUT2D eigenvalue weighted by Gasteiger charge is 2.66. The predicted molar refractivity (Wildman–Crippen MR) is 100 cm³/mol. The Morgan fingerprint density at radius 2 is 1.81 bits per heavy atom. The highest BCUT2D eigenvalue weighted by molar-refractivity contribution is 7.87. The van der Waals surface area contributed by atoms with E-state index in [0.717, 1.165) is 19.4 Å². The number of rotatable bonds is 4. The van der Waals surface area contributed by atoms with Crippen LogP contribution in [0.3, 0.4) is 0 Å². The van der Waals surface area contributed by atoms with Gasteiger partial charge in [-0.3, -0.25) is 4.79 Å². The van der Waals surface area contributed by atoms with E-state index in [2.05, 4.69) is 25.5 Å². The molecule has 3 heterocycles. The quantitative estimate of drug-likeness (QED) is 0.805. The van der Waals surface area contributed by atoms with Gasteiger partial charge in [0.15, 0.2) is 0 Å². The van der Waals surface area contributed by atoms with Crippen LogP contribution in [0.4, 0.5) is 0 Å². The molecular formula is C19H33N3O3S. The van der Waals surface area contributed by atoms with Gasteiger partial charge < -0.3 is 4.90 Å². The second kappa shape index (κ2) is 5.45. The number of piperidine rings is 1. The number of hydrogen-bond acceptors (Lipinski definition) is 3. The number of nitrogens with one attached hydrogen (secondary N) is 1. The Labute approximate surface area is 157 Å². The first-order chi connectivity index (χ1) is 11.8. The SMILES string of the molecule is C[C@@H]1[C@@H]2C(CN1C(=O)[C@@H](NS(=O)(=O)N1CC3CC1C3)C(C)(C)C)C2(C)C. The number of fused-ring (bicyclic) bond motifs is 2. The summed E-state index contributed by atoms with van der Waals surface area (Å²) in [6.07, 6.45) is 1.94. The fourth-order valence-electron chi connectivity index (χ4n) is 5.72. The molecule has 1 N–H and O–H groups in total. The van der Waals surface area contributed by atoms with Crippen LogP contribution in [0.1, 0.15) is 54.4 Å². The molecule has 26 heavy (non-hydrogen) atoms. The molecule has 2 saturated carbocycles. The van der Waals surface area contributed by atoms with Gasteiger partial charge in [0.25, 0.3) is 10.2 Å². The van der Waals surface area contributed by atoms with Crippen LogP contribution < -0.4 is 4.72 Å². The Kier molecular flexibility index (Phi) is 3.92. The van der Waals surface area contributed by atoms with E-state index < -0.39 is 21.7 Å². The van der Waals surface area contributed by atoms with Crippen molar-refractivity contribution in [2.75, 3.05) is 13.1 Å². The van der Waals surface area contributed by atoms with Crippen molar-refractivity contribution in [1.29, 1.82) is 0 Å². The molecule has 7 heteroatoms. The van der Waals surface area contributed by atoms with Gasteiger partial charge in [0.2, 0.25) is 5.91 Å². The molecule has 0 aromatic rings. The summed E-state index contributed by atoms with van der Waals surface area (Å²) in [5.74, 6) is 1.52. The predicted octanol–water partition coefficient (Wildman–Crippen LogP) is 1.83. The highest BCUT2D eigenvalue weighted by Crippen LogP contribution is 2.64. The lowest BCUT2D eigenvalue weighted by Gasteiger charge is -2.38. The lowest BCUT2D eigenvalue weighted by molar-refractivity contribution is -0.137. The summed E-state index contributed by atoms with van der Waals surface area (Å²) in [6.45, 7) is 13.8. The minimum Gasteiger partial charge on any atom is -0.338 e. The van der Waals surface area contributed by atoms with Crippen molar-refractivity contribution in [2.45, 2.75) is 72.5 Å². The Bertz CT molecular complexity index is 721. The average molecular weight is 384 g/mol. The molecule has 2 bridgehead atoms. The second-order valence-corrected chi connectivity index (χ2v) is 12.3. The third-order valence-electron chi connectivity index (χ3n) is 7.57. The molecule has 148 valence electrons. The zero-order valence-electron chi connectivity index (χ0n) is 16.8. The Morgan fingerprint density at radius 3 is 2.23 bits per heavy atom. The molecule has 0 spiro atoms. The van der Waals surface area contributed by atoms with Crippen LogP contribution in [0, 0.1) is 28.6 Å². The van der Waals surface area contributed by atoms with Crippen molar-refractivity contribution < 1.29 is 13.2 Å². The van der Waals surface area contributed by atoms with Crippen LogP contribution in [0.2, 0.25) is 0 Å². The molecule has 3 aliphatic heterocycles. The summed E-state index contributed by atoms with van der Waals surface area (Å²) in [4.78, 5) is 15.3. The van der Waals surface area contributed by atoms with Crippen molar-refractivity contribution in [2.24, 2.45) is 28.6 Å². The number of carbonyl (C=O) groups is 1. The first-order valence-electron chi connectivity index (χ1n) is 9.93. The molecule has 0 radical (unpaired) electrons. The molecule has 2 aliphatic carbocycles. The Hall–Kier alpha value is -0.660. The third kappa shape index (κ3) is 2.65. The minimum atomic E-state index is -3.63. The fourth-order valence-corrected chi connectivity index (χ4v) is 7.58. The maximum Gasteiger partial charge on any atom is 0.280 e. The molecule has 5 aliphatic rings. The lowest BCUT2D eigenvalue weighted by Crippen LogP contribution is -2.58. The number of nitrogens with zero attached hydrogens (tertiary/aromatic N) is 2. The largest absolute Gasteiger partial charge is 0.338 e. The zero-order chi connectivity index (χ0) is 19.2. The molecule has 5 fully saturated rings. The van der Waals surface area contributed by atoms with Crippen LogP contribution in [0.25, 0.3) is 0 Å². The molecule has 1 amide bonds. The summed E-state index contributed by atoms with van der Waals surface area (Å²) < 4.78 is 30.3. The zero-order valence-corrected chi connectivity index (χ0v) is 17.6. The van der Waals surface area contributed by atoms with E-state index in [1.54, 1.807) is 4.31 Å². The van der Waals surface area contributed by atoms with Gasteiger partial charge in [-0.05, 0) is 48.3 Å². The molecule has 0 aromatic heterocycles. The van der Waals surface area contributed by atoms with Crippen LogP contribution in [0.5, 0.6) is 0 Å². The number of hydrogen-bond donors (Lipinski definition) is 1. The monoisotopic (exact) mass is 383 g/mol. The molecule has 4 atom stereocenters. The van der Waals surface area contributed by atoms with Crippen LogP contribution in [0.15, 0.2) is 0 Å². The number of carbonyl (C=O) groups excluding carboxylic acids is 1. The van der Waals surface area contributed by atoms with Gasteiger partial charge in [0.05, 0.1) is 0 Å². The molecule has 0 aromatic carbocycles. The maximum absolute atomic E-state index is 13.3. The lowest BCUT2D eigenvalue weighted by atomic mass is 9.86. The van der Waals surface area contributed by atoms with E-state index in [9.17, 15) is 13.2 Å². The summed E-state index contributed by atoms with van der Waals surface area (Å²) >= 11 is 0. The van der Waals surface area contributed by atoms with E-state index in [1.807, 2.05) is 25.7 Å². The van der Waals surface area contributed by atoms with Gasteiger partial charge in [-0.15, -0.1) is 0 Å². The van der Waals surface area contributed by atoms with Gasteiger partial charge in [-0.2, -0.15) is 17.4 Å². The Balaban J connectivity index is 1.52. The van der Waals surface area contributed by atoms with Crippen molar-refractivity contribution in [3.05, 3.63) is 0 Å². The van der Waals surface area contributed by atoms with Crippen LogP contribution >= 0.6 is 0 Å². The average Bonchev–Trinajstić information content (AvgIpc) is 2.93. The van der Waals surface area contributed by atoms with E-state index in [1.165, 1.54) is 0 Å². The van der Waals surface area contributed by atoms with E-state index in [4.69, 9.17) is 0 Å². The molecule has 3 saturated heterocycles. The van der Waals surface area contributed by atoms with E-state index in [0.29, 0.717) is 29.7 Å². The topological polar surface area (TPSA) is 69.7 Å². The van der Waals surface area contributed by atoms with Gasteiger partial charge in [0, 0.05) is 25.2 Å². The summed E-state index contributed by atoms with van der Waals surface area (Å²) in [5, 5.41) is 0. The smallest absolute Gasteiger partial charge is 0.280 e. The van der Waals surface area contributed by atoms with Crippen molar-refractivity contribution >= 4 is 16.1 Å². The second-order valence-electron chi connectivity index (χ2n) is 10.7. The van der Waals surface area contributed by atoms with Gasteiger partial charge in [-0.1, -0.05) is 34.6 Å². The van der Waals surface area contributed by atoms with E-state index in [-0.39, 0.29) is 18.0 Å². The van der Waals surface area contributed by atoms with Crippen molar-refractivity contribution in [1.82, 2.24) is 13.9 Å². The molecule has 5 rings (SSSR count). The van der Waals surface area contributed by atoms with Crippen LogP contribution in [-0.4, -0.2) is 54.7 Å². The number of likely N-dealkylation sites (tertiary alicyclic amines) is 1. The van der Waals surface area contributed by atoms with Crippen molar-refractivity contribution in [3.63, 3.8) is 0 Å². The molecule has 1 unspecified atom stereocenters. The van der Waals surface area contributed by atoms with Gasteiger partial charge in [-0.25, -0.2) is 0 Å². The highest BCUT2D eigenvalue weighted by atomic mass is 32.2. The fraction of sp³-hybridized carbons (Fsp3) is 0.947. The summed E-state index contributed by atoms with van der Waals surface area (Å²) in [5.41, 5.74) is -0.168. The third-order valence-corrected chi connectivity index (χ3v) is 9.17. The first-order valence-corrected chi connectivity index (χ1v) is 11.4. The minimum absolute atomic E-state index is 0.0666. The van der Waals surface area contributed by atoms with Crippen molar-refractivity contribution in [3.8, 4) is 0 Å². The van der Waals surface area contributed by atoms with E-state index >= 15 is 0 Å².